The van der Waals surface area contributed by atoms with E-state index in [1.807, 2.05) is 38.1 Å². The normalized spacial score (nSPS) is 6.38. The van der Waals surface area contributed by atoms with E-state index in [0.29, 0.717) is 0 Å². The Morgan fingerprint density at radius 3 is 1.62 bits per heavy atom. The minimum atomic E-state index is 0. The van der Waals surface area contributed by atoms with Crippen molar-refractivity contribution in [1.29, 1.82) is 0 Å². The first-order chi connectivity index (χ1) is 6.13. The molecule has 1 aromatic rings. The maximum Gasteiger partial charge on any atom is 2.00 e. The Bertz CT molecular complexity index is 171. The van der Waals surface area contributed by atoms with Crippen LogP contribution in [0.25, 0.3) is 0 Å². The molecule has 0 nitrogen and oxygen atoms in total. The van der Waals surface area contributed by atoms with Crippen LogP contribution in [-0.2, 0) is 53.8 Å². The molecule has 0 aromatic heterocycles. The van der Waals surface area contributed by atoms with Crippen molar-refractivity contribution in [2.75, 3.05) is 0 Å². The molecule has 0 heterocycles. The molecule has 0 saturated carbocycles. The molecule has 0 aliphatic heterocycles. The Kier molecular flexibility index (Phi) is 47.0. The molecular weight excluding hydrogens is 441 g/mol. The van der Waals surface area contributed by atoms with Crippen LogP contribution < -0.4 is 0 Å². The Hall–Kier alpha value is 0.882. The maximum absolute atomic E-state index is 3.66. The fraction of sp³-hybridized carbons (Fsp3) is 0.429. The molecule has 1 aromatic carbocycles. The Balaban J connectivity index is -0.0000000403. The van der Waals surface area contributed by atoms with Gasteiger partial charge in [0.15, 0.2) is 0 Å². The van der Waals surface area contributed by atoms with Crippen LogP contribution in [0.1, 0.15) is 40.2 Å². The fourth-order valence-electron chi connectivity index (χ4n) is 0.431. The van der Waals surface area contributed by atoms with E-state index in [9.17, 15) is 0 Å². The molecule has 0 N–H and O–H groups in total. The number of hydrogen-bond acceptors (Lipinski definition) is 0. The first-order valence-electron chi connectivity index (χ1n) is 4.91. The van der Waals surface area contributed by atoms with E-state index in [1.165, 1.54) is 0 Å². The summed E-state index contributed by atoms with van der Waals surface area (Å²) in [5.74, 6) is 0.833. The van der Waals surface area contributed by atoms with Crippen LogP contribution in [0, 0.1) is 26.3 Å². The summed E-state index contributed by atoms with van der Waals surface area (Å²) in [4.78, 5) is 0. The Labute approximate surface area is 143 Å². The van der Waals surface area contributed by atoms with Crippen molar-refractivity contribution in [3.63, 3.8) is 0 Å². The zero-order chi connectivity index (χ0) is 10.7. The van der Waals surface area contributed by atoms with Crippen LogP contribution >= 0.6 is 0 Å². The second-order valence-electron chi connectivity index (χ2n) is 3.12. The van der Waals surface area contributed by atoms with Crippen molar-refractivity contribution in [3.05, 3.63) is 50.2 Å². The van der Waals surface area contributed by atoms with Gasteiger partial charge in [0, 0.05) is 32.7 Å². The van der Waals surface area contributed by atoms with Crippen molar-refractivity contribution in [2.45, 2.75) is 34.6 Å². The van der Waals surface area contributed by atoms with Crippen molar-refractivity contribution in [3.8, 4) is 0 Å². The predicted octanol–water partition coefficient (Wildman–Crippen LogP) is 4.80. The summed E-state index contributed by atoms with van der Waals surface area (Å²) in [5, 5.41) is 0. The van der Waals surface area contributed by atoms with Gasteiger partial charge in [0.25, 0.3) is 0 Å². The van der Waals surface area contributed by atoms with Gasteiger partial charge in [-0.2, -0.15) is 12.1 Å². The van der Waals surface area contributed by atoms with Gasteiger partial charge in [-0.05, 0) is 5.92 Å². The molecule has 1 rings (SSSR count). The van der Waals surface area contributed by atoms with E-state index in [4.69, 9.17) is 0 Å². The van der Waals surface area contributed by atoms with Crippen molar-refractivity contribution < 1.29 is 53.8 Å². The molecule has 0 aliphatic rings. The number of rotatable bonds is 0. The third kappa shape index (κ3) is 36.4. The Morgan fingerprint density at radius 2 is 1.50 bits per heavy atom. The van der Waals surface area contributed by atoms with Crippen LogP contribution in [-0.4, -0.2) is 0 Å². The predicted molar refractivity (Wildman–Crippen MR) is 68.0 cm³/mol. The zero-order valence-corrected chi connectivity index (χ0v) is 17.4. The summed E-state index contributed by atoms with van der Waals surface area (Å²) in [5.41, 5.74) is 0.947. The molecule has 0 saturated heterocycles. The molecule has 0 bridgehead atoms. The van der Waals surface area contributed by atoms with Gasteiger partial charge in [-0.25, -0.2) is 0 Å². The van der Waals surface area contributed by atoms with Gasteiger partial charge in [0.1, 0.15) is 0 Å². The fourth-order valence-corrected chi connectivity index (χ4v) is 0.431. The summed E-state index contributed by atoms with van der Waals surface area (Å²) in [7, 11) is 0. The monoisotopic (exact) mass is 466 g/mol. The summed E-state index contributed by atoms with van der Waals surface area (Å²) in [6, 6.07) is 10.6. The molecule has 0 spiro atoms. The molecule has 1 radical (unpaired) electrons. The third-order valence-corrected chi connectivity index (χ3v) is 0.773. The van der Waals surface area contributed by atoms with Crippen molar-refractivity contribution >= 4 is 0 Å². The second kappa shape index (κ2) is 24.9. The largest absolute Gasteiger partial charge is 2.00 e. The van der Waals surface area contributed by atoms with Gasteiger partial charge in [-0.15, -0.1) is 6.07 Å². The van der Waals surface area contributed by atoms with E-state index in [2.05, 4.69) is 33.8 Å². The maximum atomic E-state index is 3.66. The van der Waals surface area contributed by atoms with Gasteiger partial charge in [-0.3, -0.25) is 6.07 Å². The SMILES string of the molecule is CC.CC(C)C.[CH2-]c1[c-]cccc1.[CH3-].[W+2].[Y]. The minimum Gasteiger partial charge on any atom is -0.374 e. The average Bonchev–Trinajstić information content (AvgIpc) is 2.08. The summed E-state index contributed by atoms with van der Waals surface area (Å²) in [6.07, 6.45) is 0. The smallest absolute Gasteiger partial charge is 0.374 e. The first-order valence-corrected chi connectivity index (χ1v) is 4.91. The number of benzene rings is 1. The van der Waals surface area contributed by atoms with Gasteiger partial charge >= 0.3 is 21.1 Å². The second-order valence-corrected chi connectivity index (χ2v) is 3.12. The van der Waals surface area contributed by atoms with Crippen LogP contribution in [0.4, 0.5) is 0 Å². The summed E-state index contributed by atoms with van der Waals surface area (Å²) >= 11 is 0. The van der Waals surface area contributed by atoms with Crippen LogP contribution in [0.15, 0.2) is 24.3 Å². The molecule has 91 valence electrons. The van der Waals surface area contributed by atoms with E-state index in [0.717, 1.165) is 11.5 Å². The van der Waals surface area contributed by atoms with Crippen molar-refractivity contribution in [2.24, 2.45) is 5.92 Å². The van der Waals surface area contributed by atoms with Gasteiger partial charge in [-0.1, -0.05) is 34.6 Å². The van der Waals surface area contributed by atoms with Crippen LogP contribution in [0.3, 0.4) is 0 Å². The van der Waals surface area contributed by atoms with E-state index in [1.54, 1.807) is 0 Å². The van der Waals surface area contributed by atoms with Gasteiger partial charge in [0.2, 0.25) is 0 Å². The van der Waals surface area contributed by atoms with Gasteiger partial charge < -0.3 is 26.0 Å². The standard InChI is InChI=1S/C7H6.C4H10.C2H6.CH3.W.Y/c1-7-5-3-2-4-6-7;1-4(2)3;1-2;;;/h2-5H,1H2;4H,1-3H3;1-2H3;1H3;;/q-2;;;-1;+2;. The minimum absolute atomic E-state index is 0. The van der Waals surface area contributed by atoms with E-state index >= 15 is 0 Å². The van der Waals surface area contributed by atoms with Gasteiger partial charge in [0.05, 0.1) is 0 Å². The molecule has 0 amide bonds. The topological polar surface area (TPSA) is 0 Å². The molecule has 0 aliphatic carbocycles. The Morgan fingerprint density at radius 1 is 1.12 bits per heavy atom. The van der Waals surface area contributed by atoms with Crippen molar-refractivity contribution in [1.82, 2.24) is 0 Å². The van der Waals surface area contributed by atoms with Crippen LogP contribution in [0.2, 0.25) is 0 Å². The molecule has 0 fully saturated rings. The number of hydrogen-bond donors (Lipinski definition) is 0. The zero-order valence-electron chi connectivity index (χ0n) is 11.6. The summed E-state index contributed by atoms with van der Waals surface area (Å²) in [6.45, 7) is 14.2. The first kappa shape index (κ1) is 30.2. The molecule has 16 heavy (non-hydrogen) atoms. The summed E-state index contributed by atoms with van der Waals surface area (Å²) < 4.78 is 0. The van der Waals surface area contributed by atoms with E-state index in [-0.39, 0.29) is 61.2 Å². The van der Waals surface area contributed by atoms with Crippen LogP contribution in [0.5, 0.6) is 0 Å². The molecular formula is C14H25WY-. The molecule has 0 unspecified atom stereocenters. The van der Waals surface area contributed by atoms with E-state index < -0.39 is 0 Å². The third-order valence-electron chi connectivity index (χ3n) is 0.773. The quantitative estimate of drug-likeness (QED) is 0.482. The molecule has 0 atom stereocenters. The average molecular weight is 466 g/mol. The molecule has 2 heteroatoms.